The van der Waals surface area contributed by atoms with Gasteiger partial charge in [0.1, 0.15) is 5.02 Å². The van der Waals surface area contributed by atoms with E-state index in [-0.39, 0.29) is 10.9 Å². The number of methoxy groups -OCH3 is 1. The monoisotopic (exact) mass is 188 g/mol. The summed E-state index contributed by atoms with van der Waals surface area (Å²) < 4.78 is 4.69. The molecule has 6 heteroatoms. The summed E-state index contributed by atoms with van der Waals surface area (Å²) in [5.74, 6) is -0.220. The fourth-order valence-corrected chi connectivity index (χ4v) is 0.830. The summed E-state index contributed by atoms with van der Waals surface area (Å²) in [6.45, 7) is 0. The first kappa shape index (κ1) is 8.73. The minimum Gasteiger partial charge on any atom is -0.463 e. The van der Waals surface area contributed by atoms with Gasteiger partial charge in [0.15, 0.2) is 0 Å². The average molecular weight is 189 g/mol. The fraction of sp³-hybridized carbons (Fsp3) is 0.167. The van der Waals surface area contributed by atoms with Gasteiger partial charge in [0, 0.05) is 11.1 Å². The molecule has 0 aliphatic carbocycles. The summed E-state index contributed by atoms with van der Waals surface area (Å²) in [5, 5.41) is 10.3. The second kappa shape index (κ2) is 3.36. The van der Waals surface area contributed by atoms with Gasteiger partial charge in [-0.2, -0.15) is 0 Å². The molecule has 0 amide bonds. The van der Waals surface area contributed by atoms with Gasteiger partial charge in [0.25, 0.3) is 0 Å². The van der Waals surface area contributed by atoms with Crippen LogP contribution in [0.3, 0.4) is 0 Å². The molecule has 0 fully saturated rings. The van der Waals surface area contributed by atoms with Gasteiger partial charge in [0.05, 0.1) is 7.11 Å². The maximum atomic E-state index is 10.3. The molecule has 0 bridgehead atoms. The summed E-state index contributed by atoms with van der Waals surface area (Å²) >= 11 is 5.49. The number of hydrogen-bond acceptors (Lipinski definition) is 4. The van der Waals surface area contributed by atoms with E-state index in [4.69, 9.17) is 11.6 Å². The normalized spacial score (nSPS) is 9.50. The van der Waals surface area contributed by atoms with Crippen LogP contribution in [0.4, 0.5) is 5.82 Å². The van der Waals surface area contributed by atoms with Crippen molar-refractivity contribution in [1.29, 1.82) is 0 Å². The zero-order valence-corrected chi connectivity index (χ0v) is 6.91. The molecular weight excluding hydrogens is 184 g/mol. The Labute approximate surface area is 73.1 Å². The smallest absolute Gasteiger partial charge is 0.386 e. The third kappa shape index (κ3) is 1.62. The topological polar surface area (TPSA) is 65.3 Å². The van der Waals surface area contributed by atoms with Crippen LogP contribution in [0.2, 0.25) is 5.02 Å². The molecule has 0 N–H and O–H groups in total. The van der Waals surface area contributed by atoms with Gasteiger partial charge in [-0.1, -0.05) is 11.6 Å². The van der Waals surface area contributed by atoms with E-state index in [0.717, 1.165) is 0 Å². The van der Waals surface area contributed by atoms with Crippen molar-refractivity contribution in [2.45, 2.75) is 0 Å². The molecule has 0 saturated heterocycles. The third-order valence-corrected chi connectivity index (χ3v) is 1.48. The van der Waals surface area contributed by atoms with Gasteiger partial charge < -0.3 is 14.9 Å². The lowest BCUT2D eigenvalue weighted by Gasteiger charge is -1.96. The van der Waals surface area contributed by atoms with E-state index < -0.39 is 10.7 Å². The van der Waals surface area contributed by atoms with E-state index in [1.807, 2.05) is 0 Å². The molecular formula is C6H5ClN2O3. The van der Waals surface area contributed by atoms with Gasteiger partial charge in [-0.05, 0) is 11.0 Å². The number of pyridine rings is 1. The minimum absolute atomic E-state index is 0.000741. The summed E-state index contributed by atoms with van der Waals surface area (Å²) in [6.07, 6.45) is 0. The Morgan fingerprint density at radius 3 is 2.83 bits per heavy atom. The predicted octanol–water partition coefficient (Wildman–Crippen LogP) is 1.65. The van der Waals surface area contributed by atoms with E-state index >= 15 is 0 Å². The second-order valence-corrected chi connectivity index (χ2v) is 2.32. The zero-order chi connectivity index (χ0) is 9.14. The van der Waals surface area contributed by atoms with E-state index in [1.54, 1.807) is 0 Å². The number of rotatable bonds is 2. The minimum atomic E-state index is -0.662. The Balaban J connectivity index is 3.17. The van der Waals surface area contributed by atoms with E-state index in [0.29, 0.717) is 0 Å². The van der Waals surface area contributed by atoms with Crippen LogP contribution in [0, 0.1) is 10.1 Å². The highest BCUT2D eigenvalue weighted by atomic mass is 35.5. The highest BCUT2D eigenvalue weighted by Gasteiger charge is 2.15. The summed E-state index contributed by atoms with van der Waals surface area (Å²) in [7, 11) is 1.37. The van der Waals surface area contributed by atoms with Crippen LogP contribution < -0.4 is 4.74 Å². The number of aromatic nitrogens is 1. The maximum Gasteiger partial charge on any atom is 0.386 e. The SMILES string of the molecule is COc1ccc(Cl)c([N+](=O)[O-])n1. The Morgan fingerprint density at radius 2 is 2.33 bits per heavy atom. The molecule has 5 nitrogen and oxygen atoms in total. The number of halogens is 1. The first-order valence-electron chi connectivity index (χ1n) is 3.00. The van der Waals surface area contributed by atoms with Crippen LogP contribution in [0.15, 0.2) is 12.1 Å². The van der Waals surface area contributed by atoms with Crippen LogP contribution in [0.25, 0.3) is 0 Å². The van der Waals surface area contributed by atoms with Crippen LogP contribution in [-0.2, 0) is 0 Å². The first-order chi connectivity index (χ1) is 5.65. The van der Waals surface area contributed by atoms with Crippen LogP contribution >= 0.6 is 11.6 Å². The molecule has 64 valence electrons. The van der Waals surface area contributed by atoms with Crippen molar-refractivity contribution in [2.75, 3.05) is 7.11 Å². The lowest BCUT2D eigenvalue weighted by Crippen LogP contribution is -1.95. The lowest BCUT2D eigenvalue weighted by molar-refractivity contribution is -0.389. The molecule has 1 rings (SSSR count). The van der Waals surface area contributed by atoms with Crippen molar-refractivity contribution in [3.63, 3.8) is 0 Å². The molecule has 0 atom stereocenters. The molecule has 1 aromatic rings. The molecule has 0 aliphatic rings. The lowest BCUT2D eigenvalue weighted by atomic mass is 10.4. The largest absolute Gasteiger partial charge is 0.463 e. The van der Waals surface area contributed by atoms with E-state index in [2.05, 4.69) is 9.72 Å². The molecule has 0 aromatic carbocycles. The highest BCUT2D eigenvalue weighted by Crippen LogP contribution is 2.23. The summed E-state index contributed by atoms with van der Waals surface area (Å²) in [5.41, 5.74) is 0. The van der Waals surface area contributed by atoms with Gasteiger partial charge >= 0.3 is 11.7 Å². The first-order valence-corrected chi connectivity index (χ1v) is 3.38. The Morgan fingerprint density at radius 1 is 1.67 bits per heavy atom. The molecule has 1 aromatic heterocycles. The molecule has 1 heterocycles. The van der Waals surface area contributed by atoms with E-state index in [1.165, 1.54) is 19.2 Å². The van der Waals surface area contributed by atoms with Crippen LogP contribution in [-0.4, -0.2) is 17.0 Å². The zero-order valence-electron chi connectivity index (χ0n) is 6.15. The Kier molecular flexibility index (Phi) is 2.44. The highest BCUT2D eigenvalue weighted by molar-refractivity contribution is 6.32. The number of nitro groups is 1. The number of nitrogens with zero attached hydrogens (tertiary/aromatic N) is 2. The van der Waals surface area contributed by atoms with Crippen molar-refractivity contribution in [3.05, 3.63) is 27.3 Å². The van der Waals surface area contributed by atoms with Crippen molar-refractivity contribution >= 4 is 17.4 Å². The van der Waals surface area contributed by atoms with Crippen molar-refractivity contribution in [3.8, 4) is 5.88 Å². The fourth-order valence-electron chi connectivity index (χ4n) is 0.656. The molecule has 0 aliphatic heterocycles. The summed E-state index contributed by atoms with van der Waals surface area (Å²) in [6, 6.07) is 2.82. The molecule has 0 spiro atoms. The molecule has 0 saturated carbocycles. The Bertz CT molecular complexity index is 316. The van der Waals surface area contributed by atoms with Gasteiger partial charge in [-0.15, -0.1) is 0 Å². The standard InChI is InChI=1S/C6H5ClN2O3/c1-12-5-3-2-4(7)6(8-5)9(10)11/h2-3H,1H3. The van der Waals surface area contributed by atoms with Gasteiger partial charge in [-0.25, -0.2) is 0 Å². The van der Waals surface area contributed by atoms with Gasteiger partial charge in [-0.3, -0.25) is 0 Å². The Hall–Kier alpha value is -1.36. The number of hydrogen-bond donors (Lipinski definition) is 0. The molecule has 0 unspecified atom stereocenters. The van der Waals surface area contributed by atoms with Crippen molar-refractivity contribution in [1.82, 2.24) is 4.98 Å². The van der Waals surface area contributed by atoms with Crippen molar-refractivity contribution < 1.29 is 9.66 Å². The maximum absolute atomic E-state index is 10.3. The average Bonchev–Trinajstić information content (AvgIpc) is 2.05. The van der Waals surface area contributed by atoms with Crippen LogP contribution in [0.5, 0.6) is 5.88 Å². The van der Waals surface area contributed by atoms with Crippen molar-refractivity contribution in [2.24, 2.45) is 0 Å². The quantitative estimate of drug-likeness (QED) is 0.523. The third-order valence-electron chi connectivity index (χ3n) is 1.18. The van der Waals surface area contributed by atoms with Gasteiger partial charge in [0.2, 0.25) is 0 Å². The predicted molar refractivity (Wildman–Crippen MR) is 42.5 cm³/mol. The van der Waals surface area contributed by atoms with E-state index in [9.17, 15) is 10.1 Å². The number of ether oxygens (including phenoxy) is 1. The van der Waals surface area contributed by atoms with Crippen LogP contribution in [0.1, 0.15) is 0 Å². The second-order valence-electron chi connectivity index (χ2n) is 1.92. The molecule has 12 heavy (non-hydrogen) atoms. The summed E-state index contributed by atoms with van der Waals surface area (Å²) in [4.78, 5) is 13.2. The molecule has 0 radical (unpaired) electrons.